The van der Waals surface area contributed by atoms with Gasteiger partial charge in [0.1, 0.15) is 37.2 Å². The van der Waals surface area contributed by atoms with E-state index in [1.807, 2.05) is 65.0 Å². The fraction of sp³-hybridized carbons (Fsp3) is 0.741. The van der Waals surface area contributed by atoms with Gasteiger partial charge in [0, 0.05) is 59.0 Å². The lowest BCUT2D eigenvalue weighted by atomic mass is 9.43. The van der Waals surface area contributed by atoms with Crippen molar-refractivity contribution in [2.75, 3.05) is 33.0 Å². The van der Waals surface area contributed by atoms with Crippen molar-refractivity contribution < 1.29 is 67.8 Å². The molecule has 1 heterocycles. The highest BCUT2D eigenvalue weighted by Gasteiger charge is 2.70. The number of hydrogen-bond donors (Lipinski definition) is 6. The summed E-state index contributed by atoms with van der Waals surface area (Å²) in [5, 5.41) is 42.7. The number of rotatable bonds is 26. The lowest BCUT2D eigenvalue weighted by molar-refractivity contribution is -0.182. The van der Waals surface area contributed by atoms with Gasteiger partial charge in [0.2, 0.25) is 0 Å². The lowest BCUT2D eigenvalue weighted by Gasteiger charge is -2.61. The number of ether oxygens (including phenoxy) is 5. The molecule has 72 heavy (non-hydrogen) atoms. The first-order chi connectivity index (χ1) is 33.5. The van der Waals surface area contributed by atoms with E-state index in [2.05, 4.69) is 15.7 Å². The molecule has 18 heteroatoms. The molecule has 11 unspecified atom stereocenters. The van der Waals surface area contributed by atoms with Gasteiger partial charge in [-0.3, -0.25) is 19.2 Å². The molecule has 4 bridgehead atoms. The number of Topliss-reactive ketones (excluding diaryl/α,β-unsaturated/α-hetero) is 3. The normalized spacial score (nSPS) is 28.7. The van der Waals surface area contributed by atoms with Crippen LogP contribution in [0.5, 0.6) is 0 Å². The summed E-state index contributed by atoms with van der Waals surface area (Å²) < 4.78 is 29.7. The monoisotopic (exact) mass is 1010 g/mol. The molecule has 0 radical (unpaired) electrons. The molecule has 2 saturated carbocycles. The molecule has 0 aromatic heterocycles. The molecule has 1 aliphatic heterocycles. The molecule has 0 amide bonds. The van der Waals surface area contributed by atoms with Crippen LogP contribution in [0.1, 0.15) is 134 Å². The second-order valence-corrected chi connectivity index (χ2v) is 23.1. The molecule has 4 aliphatic rings. The number of benzene rings is 1. The highest BCUT2D eigenvalue weighted by Crippen LogP contribution is 2.68. The predicted octanol–water partition coefficient (Wildman–Crippen LogP) is 5.66. The summed E-state index contributed by atoms with van der Waals surface area (Å²) in [6, 6.07) is 6.90. The average Bonchev–Trinajstić information content (AvgIpc) is 3.58. The molecule has 1 saturated heterocycles. The number of ketones is 3. The minimum absolute atomic E-state index is 0.0429. The standard InChI is InChI=1S/C54H82N4O14/c1-31(2)57-46(48(65)66)49(6,7)41(61)24-37(58-55)27-56-51(10,11)33(4)71-42(62)28-68-29-43(63)72-40(22-35-16-14-13-15-17-35)39(60)23-36-25-54(67)30-53-26-38(70-34(53)5)18-19-52(53,12)47(64)45(69-21-20-59)44(32(36)3)50(54,8)9/h13-17,31,33-34,36-38,40,45-46,55-57,59,67H,18-30H2,1-12H3,(H,65,66). The van der Waals surface area contributed by atoms with Crippen molar-refractivity contribution in [3.05, 3.63) is 47.0 Å². The van der Waals surface area contributed by atoms with E-state index >= 15 is 4.79 Å². The molecule has 3 aliphatic carbocycles. The maximum atomic E-state index is 15.1. The zero-order valence-corrected chi connectivity index (χ0v) is 44.6. The first-order valence-electron chi connectivity index (χ1n) is 25.5. The van der Waals surface area contributed by atoms with Gasteiger partial charge in [0.05, 0.1) is 37.1 Å². The number of nitrogens with zero attached hydrogens (tertiary/aromatic N) is 1. The minimum Gasteiger partial charge on any atom is -0.480 e. The Morgan fingerprint density at radius 2 is 1.62 bits per heavy atom. The predicted molar refractivity (Wildman–Crippen MR) is 265 cm³/mol. The van der Waals surface area contributed by atoms with Crippen molar-refractivity contribution in [3.63, 3.8) is 0 Å². The summed E-state index contributed by atoms with van der Waals surface area (Å²) in [7, 11) is 0. The Morgan fingerprint density at radius 1 is 0.986 bits per heavy atom. The number of esters is 2. The fourth-order valence-corrected chi connectivity index (χ4v) is 11.9. The summed E-state index contributed by atoms with van der Waals surface area (Å²) in [5.41, 5.74) is 3.64. The van der Waals surface area contributed by atoms with Gasteiger partial charge in [-0.15, -0.1) is 0 Å². The number of fused-ring (bicyclic) bond motifs is 3. The van der Waals surface area contributed by atoms with E-state index < -0.39 is 106 Å². The number of aliphatic hydroxyl groups is 2. The third kappa shape index (κ3) is 12.3. The van der Waals surface area contributed by atoms with Crippen LogP contribution in [0.15, 0.2) is 46.6 Å². The van der Waals surface area contributed by atoms with Crippen LogP contribution in [0.4, 0.5) is 0 Å². The second-order valence-electron chi connectivity index (χ2n) is 23.1. The smallest absolute Gasteiger partial charge is 0.332 e. The van der Waals surface area contributed by atoms with Crippen molar-refractivity contribution in [1.29, 1.82) is 5.53 Å². The van der Waals surface area contributed by atoms with E-state index in [1.165, 1.54) is 0 Å². The molecule has 402 valence electrons. The maximum Gasteiger partial charge on any atom is 0.332 e. The largest absolute Gasteiger partial charge is 0.480 e. The minimum atomic E-state index is -1.41. The van der Waals surface area contributed by atoms with Gasteiger partial charge in [-0.2, -0.15) is 5.11 Å². The highest BCUT2D eigenvalue weighted by molar-refractivity contribution is 5.94. The quantitative estimate of drug-likeness (QED) is 0.0371. The number of hydrogen-bond acceptors (Lipinski definition) is 17. The Morgan fingerprint density at radius 3 is 2.22 bits per heavy atom. The molecule has 1 spiro atoms. The highest BCUT2D eigenvalue weighted by atomic mass is 16.6. The second kappa shape index (κ2) is 23.1. The maximum absolute atomic E-state index is 15.1. The molecule has 18 nitrogen and oxygen atoms in total. The van der Waals surface area contributed by atoms with Crippen molar-refractivity contribution in [2.24, 2.45) is 32.7 Å². The Kier molecular flexibility index (Phi) is 18.8. The van der Waals surface area contributed by atoms with Gasteiger partial charge in [0.25, 0.3) is 0 Å². The van der Waals surface area contributed by atoms with Gasteiger partial charge in [-0.25, -0.2) is 15.1 Å². The van der Waals surface area contributed by atoms with Gasteiger partial charge < -0.3 is 49.6 Å². The van der Waals surface area contributed by atoms with Crippen LogP contribution in [-0.2, 0) is 58.9 Å². The number of aliphatic carboxylic acids is 1. The van der Waals surface area contributed by atoms with Crippen LogP contribution < -0.4 is 10.6 Å². The lowest BCUT2D eigenvalue weighted by Crippen LogP contribution is -2.65. The number of allylic oxidation sites excluding steroid dienone is 1. The van der Waals surface area contributed by atoms with E-state index in [4.69, 9.17) is 29.2 Å². The van der Waals surface area contributed by atoms with Crippen molar-refractivity contribution in [2.45, 2.75) is 194 Å². The number of nitrogens with one attached hydrogen (secondary N) is 3. The zero-order chi connectivity index (χ0) is 53.8. The Balaban J connectivity index is 1.24. The Labute approximate surface area is 424 Å². The van der Waals surface area contributed by atoms with E-state index in [1.54, 1.807) is 48.5 Å². The van der Waals surface area contributed by atoms with Crippen LogP contribution in [0.3, 0.4) is 0 Å². The van der Waals surface area contributed by atoms with Gasteiger partial charge >= 0.3 is 17.9 Å². The molecular weight excluding hydrogens is 929 g/mol. The molecule has 3 fully saturated rings. The SMILES string of the molecule is CC1=C2C(OCCO)C(=O)C3(C)CCC4CC3(CC(O)(CC1CC(=O)C(Cc1ccccc1)OC(=O)COCC(=O)OC(C)C(C)(C)NCC(CC(=O)C(C)(C)C(NC(C)C)C(=O)O)N=N)C2(C)C)C(C)O4. The molecule has 6 N–H and O–H groups in total. The van der Waals surface area contributed by atoms with E-state index in [0.29, 0.717) is 24.8 Å². The number of carbonyl (C=O) groups excluding carboxylic acids is 5. The molecule has 11 atom stereocenters. The van der Waals surface area contributed by atoms with E-state index in [0.717, 1.165) is 11.1 Å². The zero-order valence-electron chi connectivity index (χ0n) is 44.6. The first-order valence-corrected chi connectivity index (χ1v) is 25.5. The Hall–Kier alpha value is -4.30. The van der Waals surface area contributed by atoms with E-state index in [-0.39, 0.29) is 81.7 Å². The summed E-state index contributed by atoms with van der Waals surface area (Å²) in [4.78, 5) is 81.5. The molecular formula is C54H82N4O14. The summed E-state index contributed by atoms with van der Waals surface area (Å²) in [6.45, 7) is 19.8. The Bertz CT molecular complexity index is 2190. The van der Waals surface area contributed by atoms with Crippen LogP contribution in [0, 0.1) is 33.1 Å². The summed E-state index contributed by atoms with van der Waals surface area (Å²) in [5.74, 6) is -4.31. The van der Waals surface area contributed by atoms with Crippen LogP contribution in [0.25, 0.3) is 0 Å². The topological polar surface area (TPSA) is 270 Å². The van der Waals surface area contributed by atoms with E-state index in [9.17, 15) is 39.3 Å². The number of carbonyl (C=O) groups is 6. The fourth-order valence-electron chi connectivity index (χ4n) is 11.9. The van der Waals surface area contributed by atoms with Crippen LogP contribution in [0.2, 0.25) is 0 Å². The van der Waals surface area contributed by atoms with Gasteiger partial charge in [-0.05, 0) is 83.8 Å². The average molecular weight is 1010 g/mol. The molecule has 1 aromatic carbocycles. The number of carboxylic acid groups (broad SMARTS) is 1. The third-order valence-corrected chi connectivity index (χ3v) is 17.0. The summed E-state index contributed by atoms with van der Waals surface area (Å²) >= 11 is 0. The van der Waals surface area contributed by atoms with Crippen LogP contribution >= 0.6 is 0 Å². The van der Waals surface area contributed by atoms with Gasteiger partial charge in [0.15, 0.2) is 17.7 Å². The summed E-state index contributed by atoms with van der Waals surface area (Å²) in [6.07, 6.45) is -1.41. The molecule has 5 rings (SSSR count). The van der Waals surface area contributed by atoms with Crippen LogP contribution in [-0.4, -0.2) is 143 Å². The third-order valence-electron chi connectivity index (χ3n) is 17.0. The molecule has 1 aromatic rings. The van der Waals surface area contributed by atoms with Crippen molar-refractivity contribution in [1.82, 2.24) is 10.6 Å². The van der Waals surface area contributed by atoms with Crippen molar-refractivity contribution in [3.8, 4) is 0 Å². The number of carboxylic acids is 1. The van der Waals surface area contributed by atoms with Crippen molar-refractivity contribution >= 4 is 35.3 Å². The van der Waals surface area contributed by atoms with Gasteiger partial charge in [-0.1, -0.05) is 84.4 Å². The number of aliphatic hydroxyl groups excluding tert-OH is 1. The first kappa shape index (κ1) is 58.6.